The fourth-order valence-corrected chi connectivity index (χ4v) is 3.61. The Hall–Kier alpha value is -2.25. The quantitative estimate of drug-likeness (QED) is 0.772. The first-order chi connectivity index (χ1) is 11.8. The highest BCUT2D eigenvalue weighted by atomic mass is 35.5. The van der Waals surface area contributed by atoms with Gasteiger partial charge in [0.2, 0.25) is 0 Å². The third kappa shape index (κ3) is 4.24. The van der Waals surface area contributed by atoms with Gasteiger partial charge in [-0.15, -0.1) is 0 Å². The maximum absolute atomic E-state index is 12.6. The van der Waals surface area contributed by atoms with Crippen LogP contribution >= 0.6 is 11.6 Å². The van der Waals surface area contributed by atoms with Gasteiger partial charge in [0.15, 0.2) is 0 Å². The van der Waals surface area contributed by atoms with Gasteiger partial charge in [-0.05, 0) is 30.2 Å². The van der Waals surface area contributed by atoms with Gasteiger partial charge < -0.3 is 9.47 Å². The summed E-state index contributed by atoms with van der Waals surface area (Å²) in [6.45, 7) is 1.94. The van der Waals surface area contributed by atoms with Gasteiger partial charge in [-0.1, -0.05) is 30.7 Å². The molecule has 0 amide bonds. The smallest absolute Gasteiger partial charge is 0.341 e. The molecule has 0 spiro atoms. The van der Waals surface area contributed by atoms with Gasteiger partial charge in [0, 0.05) is 6.07 Å². The number of nitrogens with one attached hydrogen (secondary N) is 1. The minimum absolute atomic E-state index is 0.0522. The molecule has 2 aromatic rings. The molecule has 0 radical (unpaired) electrons. The highest BCUT2D eigenvalue weighted by molar-refractivity contribution is 7.92. The van der Waals surface area contributed by atoms with Crippen LogP contribution in [0.2, 0.25) is 5.02 Å². The molecular weight excluding hydrogens is 366 g/mol. The maximum atomic E-state index is 12.6. The molecule has 0 saturated heterocycles. The minimum Gasteiger partial charge on any atom is -0.496 e. The molecule has 2 rings (SSSR count). The predicted octanol–water partition coefficient (Wildman–Crippen LogP) is 3.50. The van der Waals surface area contributed by atoms with Gasteiger partial charge in [-0.2, -0.15) is 0 Å². The lowest BCUT2D eigenvalue weighted by Gasteiger charge is -2.14. The van der Waals surface area contributed by atoms with E-state index in [1.165, 1.54) is 32.4 Å². The zero-order valence-electron chi connectivity index (χ0n) is 14.0. The Morgan fingerprint density at radius 1 is 1.20 bits per heavy atom. The molecule has 8 heteroatoms. The fourth-order valence-electron chi connectivity index (χ4n) is 2.21. The summed E-state index contributed by atoms with van der Waals surface area (Å²) in [6, 6.07) is 9.25. The second-order valence-corrected chi connectivity index (χ2v) is 7.22. The fraction of sp³-hybridized carbons (Fsp3) is 0.235. The molecule has 0 aromatic heterocycles. The van der Waals surface area contributed by atoms with Crippen molar-refractivity contribution in [1.29, 1.82) is 0 Å². The van der Waals surface area contributed by atoms with Crippen molar-refractivity contribution in [3.05, 3.63) is 52.5 Å². The van der Waals surface area contributed by atoms with Crippen LogP contribution in [0.15, 0.2) is 41.3 Å². The van der Waals surface area contributed by atoms with E-state index in [0.717, 1.165) is 5.56 Å². The second-order valence-electron chi connectivity index (χ2n) is 5.13. The van der Waals surface area contributed by atoms with Crippen LogP contribution in [0.5, 0.6) is 5.75 Å². The number of rotatable bonds is 6. The number of hydrogen-bond acceptors (Lipinski definition) is 5. The lowest BCUT2D eigenvalue weighted by molar-refractivity contribution is 0.0597. The van der Waals surface area contributed by atoms with Crippen molar-refractivity contribution in [2.45, 2.75) is 18.2 Å². The summed E-state index contributed by atoms with van der Waals surface area (Å²) in [5.41, 5.74) is 1.10. The number of esters is 1. The molecule has 0 fully saturated rings. The molecule has 0 unspecified atom stereocenters. The monoisotopic (exact) mass is 383 g/mol. The van der Waals surface area contributed by atoms with Crippen LogP contribution in [-0.2, 0) is 21.2 Å². The van der Waals surface area contributed by atoms with Crippen molar-refractivity contribution in [1.82, 2.24) is 0 Å². The number of hydrogen-bond donors (Lipinski definition) is 1. The van der Waals surface area contributed by atoms with Crippen LogP contribution in [0.3, 0.4) is 0 Å². The summed E-state index contributed by atoms with van der Waals surface area (Å²) in [4.78, 5) is 11.9. The van der Waals surface area contributed by atoms with E-state index in [1.54, 1.807) is 12.1 Å². The van der Waals surface area contributed by atoms with Crippen molar-refractivity contribution >= 4 is 33.3 Å². The van der Waals surface area contributed by atoms with Crippen LogP contribution < -0.4 is 9.46 Å². The van der Waals surface area contributed by atoms with E-state index in [9.17, 15) is 13.2 Å². The lowest BCUT2D eigenvalue weighted by Crippen LogP contribution is -2.14. The van der Waals surface area contributed by atoms with E-state index in [4.69, 9.17) is 16.3 Å². The lowest BCUT2D eigenvalue weighted by atomic mass is 10.2. The number of carbonyl (C=O) groups excluding carboxylic acids is 1. The SMILES string of the molecule is CCc1cccc(S(=O)(=O)Nc2cc(OC)c(C(=O)OC)cc2Cl)c1. The normalized spacial score (nSPS) is 11.0. The number of sulfonamides is 1. The maximum Gasteiger partial charge on any atom is 0.341 e. The zero-order chi connectivity index (χ0) is 18.6. The van der Waals surface area contributed by atoms with Gasteiger partial charge in [0.1, 0.15) is 11.3 Å². The first-order valence-electron chi connectivity index (χ1n) is 7.40. The predicted molar refractivity (Wildman–Crippen MR) is 96.0 cm³/mol. The summed E-state index contributed by atoms with van der Waals surface area (Å²) < 4.78 is 37.4. The Morgan fingerprint density at radius 2 is 1.92 bits per heavy atom. The molecule has 0 bridgehead atoms. The largest absolute Gasteiger partial charge is 0.496 e. The van der Waals surface area contributed by atoms with Crippen LogP contribution in [0.25, 0.3) is 0 Å². The first kappa shape index (κ1) is 19.1. The van der Waals surface area contributed by atoms with E-state index in [-0.39, 0.29) is 26.9 Å². The highest BCUT2D eigenvalue weighted by Gasteiger charge is 2.20. The van der Waals surface area contributed by atoms with Crippen molar-refractivity contribution in [2.24, 2.45) is 0 Å². The molecule has 0 aliphatic rings. The van der Waals surface area contributed by atoms with Gasteiger partial charge in [0.05, 0.1) is 29.8 Å². The van der Waals surface area contributed by atoms with E-state index in [0.29, 0.717) is 6.42 Å². The van der Waals surface area contributed by atoms with Crippen LogP contribution in [0.4, 0.5) is 5.69 Å². The topological polar surface area (TPSA) is 81.7 Å². The Labute approximate surface area is 151 Å². The molecule has 1 N–H and O–H groups in total. The number of benzene rings is 2. The van der Waals surface area contributed by atoms with E-state index >= 15 is 0 Å². The zero-order valence-corrected chi connectivity index (χ0v) is 15.6. The number of halogens is 1. The molecule has 2 aromatic carbocycles. The standard InChI is InChI=1S/C17H18ClNO5S/c1-4-11-6-5-7-12(8-11)25(21,22)19-15-10-16(23-2)13(9-14(15)18)17(20)24-3/h5-10,19H,4H2,1-3H3. The molecule has 134 valence electrons. The average Bonchev–Trinajstić information content (AvgIpc) is 2.62. The molecular formula is C17H18ClNO5S. The molecule has 0 atom stereocenters. The summed E-state index contributed by atoms with van der Waals surface area (Å²) in [5, 5.41) is 0.0522. The number of methoxy groups -OCH3 is 2. The van der Waals surface area contributed by atoms with E-state index < -0.39 is 16.0 Å². The number of aryl methyl sites for hydroxylation is 1. The Bertz CT molecular complexity index is 896. The molecule has 0 aliphatic carbocycles. The number of ether oxygens (including phenoxy) is 2. The third-order valence-electron chi connectivity index (χ3n) is 3.56. The van der Waals surface area contributed by atoms with Gasteiger partial charge >= 0.3 is 5.97 Å². The van der Waals surface area contributed by atoms with Crippen LogP contribution in [0.1, 0.15) is 22.8 Å². The summed E-state index contributed by atoms with van der Waals surface area (Å²) in [6.07, 6.45) is 0.714. The molecule has 6 nitrogen and oxygen atoms in total. The van der Waals surface area contributed by atoms with Gasteiger partial charge in [-0.3, -0.25) is 4.72 Å². The van der Waals surface area contributed by atoms with Gasteiger partial charge in [-0.25, -0.2) is 13.2 Å². The number of anilines is 1. The molecule has 0 aliphatic heterocycles. The van der Waals surface area contributed by atoms with Crippen molar-refractivity contribution < 1.29 is 22.7 Å². The minimum atomic E-state index is -3.84. The van der Waals surface area contributed by atoms with Crippen LogP contribution in [0, 0.1) is 0 Å². The van der Waals surface area contributed by atoms with Crippen molar-refractivity contribution in [3.63, 3.8) is 0 Å². The first-order valence-corrected chi connectivity index (χ1v) is 9.26. The van der Waals surface area contributed by atoms with Crippen molar-refractivity contribution in [3.8, 4) is 5.75 Å². The van der Waals surface area contributed by atoms with Crippen LogP contribution in [-0.4, -0.2) is 28.6 Å². The van der Waals surface area contributed by atoms with Crippen molar-refractivity contribution in [2.75, 3.05) is 18.9 Å². The summed E-state index contributed by atoms with van der Waals surface area (Å²) >= 11 is 6.12. The van der Waals surface area contributed by atoms with Gasteiger partial charge in [0.25, 0.3) is 10.0 Å². The Balaban J connectivity index is 2.43. The Kier molecular flexibility index (Phi) is 5.92. The van der Waals surface area contributed by atoms with E-state index in [2.05, 4.69) is 9.46 Å². The number of carbonyl (C=O) groups is 1. The summed E-state index contributed by atoms with van der Waals surface area (Å²) in [5.74, 6) is -0.486. The third-order valence-corrected chi connectivity index (χ3v) is 5.23. The highest BCUT2D eigenvalue weighted by Crippen LogP contribution is 2.33. The second kappa shape index (κ2) is 7.76. The average molecular weight is 384 g/mol. The molecule has 0 saturated carbocycles. The summed E-state index contributed by atoms with van der Waals surface area (Å²) in [7, 11) is -1.25. The molecule has 0 heterocycles. The Morgan fingerprint density at radius 3 is 2.52 bits per heavy atom. The molecule has 25 heavy (non-hydrogen) atoms. The van der Waals surface area contributed by atoms with E-state index in [1.807, 2.05) is 13.0 Å².